The molecule has 4 rings (SSSR count). The molecule has 2 aliphatic heterocycles. The van der Waals surface area contributed by atoms with Gasteiger partial charge in [0.05, 0.1) is 12.2 Å². The van der Waals surface area contributed by atoms with Gasteiger partial charge in [0.25, 0.3) is 0 Å². The van der Waals surface area contributed by atoms with Gasteiger partial charge in [-0.05, 0) is 76.8 Å². The SMILES string of the molecule is c1ccn(C2CCCNCC2)c1.c1cn(C2CCCNCC2)nn1. The van der Waals surface area contributed by atoms with Crippen molar-refractivity contribution in [2.45, 2.75) is 50.6 Å². The van der Waals surface area contributed by atoms with Crippen LogP contribution < -0.4 is 10.6 Å². The molecule has 2 saturated heterocycles. The summed E-state index contributed by atoms with van der Waals surface area (Å²) in [6.45, 7) is 4.61. The van der Waals surface area contributed by atoms with E-state index in [0.29, 0.717) is 6.04 Å². The summed E-state index contributed by atoms with van der Waals surface area (Å²) in [4.78, 5) is 0. The minimum Gasteiger partial charge on any atom is -0.351 e. The van der Waals surface area contributed by atoms with Gasteiger partial charge in [0.15, 0.2) is 0 Å². The van der Waals surface area contributed by atoms with Crippen LogP contribution in [0.5, 0.6) is 0 Å². The molecule has 0 saturated carbocycles. The van der Waals surface area contributed by atoms with Gasteiger partial charge in [0.1, 0.15) is 0 Å². The fourth-order valence-corrected chi connectivity index (χ4v) is 3.57. The second kappa shape index (κ2) is 9.59. The van der Waals surface area contributed by atoms with E-state index in [-0.39, 0.29) is 0 Å². The lowest BCUT2D eigenvalue weighted by atomic mass is 10.1. The first kappa shape index (κ1) is 17.2. The van der Waals surface area contributed by atoms with Crippen LogP contribution in [-0.2, 0) is 0 Å². The summed E-state index contributed by atoms with van der Waals surface area (Å²) in [6.07, 6.45) is 15.6. The molecular formula is C18H30N6. The van der Waals surface area contributed by atoms with Crippen molar-refractivity contribution in [3.8, 4) is 0 Å². The maximum Gasteiger partial charge on any atom is 0.0693 e. The summed E-state index contributed by atoms with van der Waals surface area (Å²) in [6, 6.07) is 5.51. The number of hydrogen-bond acceptors (Lipinski definition) is 4. The van der Waals surface area contributed by atoms with Gasteiger partial charge >= 0.3 is 0 Å². The van der Waals surface area contributed by atoms with Crippen LogP contribution in [-0.4, -0.2) is 45.7 Å². The van der Waals surface area contributed by atoms with Crippen molar-refractivity contribution in [3.63, 3.8) is 0 Å². The van der Waals surface area contributed by atoms with Gasteiger partial charge in [0.2, 0.25) is 0 Å². The highest BCUT2D eigenvalue weighted by Gasteiger charge is 2.13. The topological polar surface area (TPSA) is 59.7 Å². The van der Waals surface area contributed by atoms with Gasteiger partial charge in [-0.25, -0.2) is 4.68 Å². The molecule has 24 heavy (non-hydrogen) atoms. The number of nitrogens with one attached hydrogen (secondary N) is 2. The largest absolute Gasteiger partial charge is 0.351 e. The average molecular weight is 330 g/mol. The van der Waals surface area contributed by atoms with Gasteiger partial charge < -0.3 is 15.2 Å². The number of aromatic nitrogens is 4. The minimum absolute atomic E-state index is 0.558. The van der Waals surface area contributed by atoms with Crippen molar-refractivity contribution < 1.29 is 0 Å². The molecule has 2 aromatic heterocycles. The molecule has 132 valence electrons. The van der Waals surface area contributed by atoms with Crippen molar-refractivity contribution in [1.82, 2.24) is 30.2 Å². The average Bonchev–Trinajstić information content (AvgIpc) is 3.20. The zero-order valence-electron chi connectivity index (χ0n) is 14.5. The monoisotopic (exact) mass is 330 g/mol. The van der Waals surface area contributed by atoms with E-state index in [1.165, 1.54) is 51.6 Å². The van der Waals surface area contributed by atoms with Gasteiger partial charge in [-0.15, -0.1) is 5.10 Å². The Kier molecular flexibility index (Phi) is 6.86. The van der Waals surface area contributed by atoms with E-state index in [2.05, 4.69) is 50.0 Å². The smallest absolute Gasteiger partial charge is 0.0693 e. The molecule has 6 nitrogen and oxygen atoms in total. The van der Waals surface area contributed by atoms with Crippen molar-refractivity contribution in [3.05, 3.63) is 36.9 Å². The molecule has 6 heteroatoms. The highest BCUT2D eigenvalue weighted by molar-refractivity contribution is 4.93. The summed E-state index contributed by atoms with van der Waals surface area (Å²) in [5.41, 5.74) is 0. The first-order chi connectivity index (χ1) is 11.9. The van der Waals surface area contributed by atoms with Crippen LogP contribution in [0.3, 0.4) is 0 Å². The second-order valence-corrected chi connectivity index (χ2v) is 6.68. The molecule has 0 amide bonds. The lowest BCUT2D eigenvalue weighted by Crippen LogP contribution is -2.15. The van der Waals surface area contributed by atoms with E-state index in [4.69, 9.17) is 0 Å². The van der Waals surface area contributed by atoms with Gasteiger partial charge in [-0.2, -0.15) is 0 Å². The molecular weight excluding hydrogens is 300 g/mol. The van der Waals surface area contributed by atoms with Crippen LogP contribution in [0.15, 0.2) is 36.9 Å². The molecule has 2 N–H and O–H groups in total. The van der Waals surface area contributed by atoms with Crippen LogP contribution in [0.1, 0.15) is 50.6 Å². The first-order valence-corrected chi connectivity index (χ1v) is 9.33. The third kappa shape index (κ3) is 5.18. The summed E-state index contributed by atoms with van der Waals surface area (Å²) >= 11 is 0. The van der Waals surface area contributed by atoms with Gasteiger partial charge in [-0.3, -0.25) is 0 Å². The molecule has 0 aromatic carbocycles. The Hall–Kier alpha value is -1.66. The van der Waals surface area contributed by atoms with E-state index in [0.717, 1.165) is 19.1 Å². The van der Waals surface area contributed by atoms with E-state index < -0.39 is 0 Å². The Labute approximate surface area is 144 Å². The minimum atomic E-state index is 0.558. The molecule has 0 radical (unpaired) electrons. The zero-order valence-corrected chi connectivity index (χ0v) is 14.5. The summed E-state index contributed by atoms with van der Waals surface area (Å²) < 4.78 is 4.32. The molecule has 2 fully saturated rings. The first-order valence-electron chi connectivity index (χ1n) is 9.33. The van der Waals surface area contributed by atoms with Crippen LogP contribution in [0.2, 0.25) is 0 Å². The fraction of sp³-hybridized carbons (Fsp3) is 0.667. The third-order valence-corrected chi connectivity index (χ3v) is 4.95. The maximum atomic E-state index is 4.02. The highest BCUT2D eigenvalue weighted by Crippen LogP contribution is 2.19. The Bertz CT molecular complexity index is 470. The number of nitrogens with zero attached hydrogens (tertiary/aromatic N) is 4. The molecule has 0 aliphatic carbocycles. The predicted octanol–water partition coefficient (Wildman–Crippen LogP) is 2.40. The van der Waals surface area contributed by atoms with Crippen LogP contribution in [0, 0.1) is 0 Å². The normalized spacial score (nSPS) is 25.2. The molecule has 0 bridgehead atoms. The van der Waals surface area contributed by atoms with Crippen LogP contribution >= 0.6 is 0 Å². The zero-order chi connectivity index (χ0) is 16.5. The Morgan fingerprint density at radius 2 is 1.42 bits per heavy atom. The standard InChI is InChI=1S/C10H16N2.C8H14N4/c1-2-9-12(8-1)10-4-3-6-11-7-5-10;1-2-8(3-5-9-4-1)12-7-6-10-11-12/h1-2,8-11H,3-7H2;6-9H,1-5H2. The Morgan fingerprint density at radius 1 is 0.750 bits per heavy atom. The quantitative estimate of drug-likeness (QED) is 0.888. The van der Waals surface area contributed by atoms with Crippen molar-refractivity contribution in [2.75, 3.05) is 26.2 Å². The Morgan fingerprint density at radius 3 is 2.08 bits per heavy atom. The summed E-state index contributed by atoms with van der Waals surface area (Å²) in [5, 5.41) is 14.6. The van der Waals surface area contributed by atoms with Crippen molar-refractivity contribution in [2.24, 2.45) is 0 Å². The molecule has 2 atom stereocenters. The number of hydrogen-bond donors (Lipinski definition) is 2. The summed E-state index contributed by atoms with van der Waals surface area (Å²) in [5.74, 6) is 0. The predicted molar refractivity (Wildman–Crippen MR) is 96.0 cm³/mol. The summed E-state index contributed by atoms with van der Waals surface area (Å²) in [7, 11) is 0. The molecule has 2 aromatic rings. The van der Waals surface area contributed by atoms with Crippen LogP contribution in [0.25, 0.3) is 0 Å². The van der Waals surface area contributed by atoms with E-state index in [9.17, 15) is 0 Å². The van der Waals surface area contributed by atoms with E-state index in [1.807, 2.05) is 10.9 Å². The molecule has 2 unspecified atom stereocenters. The van der Waals surface area contributed by atoms with E-state index >= 15 is 0 Å². The lowest BCUT2D eigenvalue weighted by molar-refractivity contribution is 0.405. The van der Waals surface area contributed by atoms with Gasteiger partial charge in [0, 0.05) is 24.6 Å². The van der Waals surface area contributed by atoms with Crippen molar-refractivity contribution in [1.29, 1.82) is 0 Å². The Balaban J connectivity index is 0.000000141. The van der Waals surface area contributed by atoms with Crippen LogP contribution in [0.4, 0.5) is 0 Å². The fourth-order valence-electron chi connectivity index (χ4n) is 3.57. The molecule has 4 heterocycles. The van der Waals surface area contributed by atoms with Crippen molar-refractivity contribution >= 4 is 0 Å². The molecule has 0 spiro atoms. The third-order valence-electron chi connectivity index (χ3n) is 4.95. The lowest BCUT2D eigenvalue weighted by Gasteiger charge is -2.15. The second-order valence-electron chi connectivity index (χ2n) is 6.68. The van der Waals surface area contributed by atoms with Gasteiger partial charge in [-0.1, -0.05) is 5.21 Å². The number of rotatable bonds is 2. The molecule has 2 aliphatic rings. The van der Waals surface area contributed by atoms with E-state index in [1.54, 1.807) is 6.20 Å². The maximum absolute atomic E-state index is 4.02. The highest BCUT2D eigenvalue weighted by atomic mass is 15.4.